The van der Waals surface area contributed by atoms with Crippen LogP contribution in [-0.4, -0.2) is 12.0 Å². The van der Waals surface area contributed by atoms with Gasteiger partial charge in [0.1, 0.15) is 0 Å². The van der Waals surface area contributed by atoms with Gasteiger partial charge < -0.3 is 5.32 Å². The van der Waals surface area contributed by atoms with Gasteiger partial charge >= 0.3 is 0 Å². The molecule has 2 rings (SSSR count). The Kier molecular flexibility index (Phi) is 4.29. The molecule has 17 heavy (non-hydrogen) atoms. The van der Waals surface area contributed by atoms with Gasteiger partial charge in [-0.2, -0.15) is 0 Å². The van der Waals surface area contributed by atoms with Crippen molar-refractivity contribution in [3.63, 3.8) is 0 Å². The van der Waals surface area contributed by atoms with E-state index in [0.29, 0.717) is 6.04 Å². The van der Waals surface area contributed by atoms with Crippen LogP contribution in [0.1, 0.15) is 28.6 Å². The van der Waals surface area contributed by atoms with Gasteiger partial charge in [-0.1, -0.05) is 12.1 Å². The summed E-state index contributed by atoms with van der Waals surface area (Å²) in [6, 6.07) is 8.94. The Balaban J connectivity index is 1.99. The predicted octanol–water partition coefficient (Wildman–Crippen LogP) is 3.34. The number of hydrogen-bond donors (Lipinski definition) is 1. The average molecular weight is 246 g/mol. The summed E-state index contributed by atoms with van der Waals surface area (Å²) >= 11 is 1.83. The fourth-order valence-electron chi connectivity index (χ4n) is 1.90. The highest BCUT2D eigenvalue weighted by molar-refractivity contribution is 7.09. The molecule has 2 aromatic heterocycles. The molecule has 2 aromatic rings. The van der Waals surface area contributed by atoms with Crippen molar-refractivity contribution in [1.29, 1.82) is 0 Å². The van der Waals surface area contributed by atoms with Gasteiger partial charge in [0, 0.05) is 22.8 Å². The van der Waals surface area contributed by atoms with E-state index in [-0.39, 0.29) is 0 Å². The lowest BCUT2D eigenvalue weighted by Gasteiger charge is -2.15. The molecule has 2 nitrogen and oxygen atoms in total. The minimum absolute atomic E-state index is 0.394. The van der Waals surface area contributed by atoms with E-state index in [4.69, 9.17) is 0 Å². The molecule has 0 aliphatic rings. The van der Waals surface area contributed by atoms with E-state index in [1.165, 1.54) is 10.4 Å². The third kappa shape index (κ3) is 3.38. The van der Waals surface area contributed by atoms with E-state index in [2.05, 4.69) is 39.9 Å². The second-order valence-electron chi connectivity index (χ2n) is 4.19. The first-order valence-electron chi connectivity index (χ1n) is 5.92. The minimum Gasteiger partial charge on any atom is -0.313 e. The number of nitrogens with one attached hydrogen (secondary N) is 1. The highest BCUT2D eigenvalue weighted by Crippen LogP contribution is 2.20. The molecule has 3 heteroatoms. The van der Waals surface area contributed by atoms with E-state index in [1.807, 2.05) is 31.5 Å². The highest BCUT2D eigenvalue weighted by Gasteiger charge is 2.09. The van der Waals surface area contributed by atoms with Crippen molar-refractivity contribution >= 4 is 11.3 Å². The SMILES string of the molecule is CNC(CCc1cccs1)c1ccc(C)nc1. The molecule has 0 radical (unpaired) electrons. The number of rotatable bonds is 5. The number of thiophene rings is 1. The van der Waals surface area contributed by atoms with E-state index >= 15 is 0 Å². The molecule has 0 aliphatic heterocycles. The standard InChI is InChI=1S/C14H18N2S/c1-11-5-6-12(10-16-11)14(15-2)8-7-13-4-3-9-17-13/h3-6,9-10,14-15H,7-8H2,1-2H3. The Morgan fingerprint density at radius 3 is 2.82 bits per heavy atom. The monoisotopic (exact) mass is 246 g/mol. The smallest absolute Gasteiger partial charge is 0.0372 e. The first kappa shape index (κ1) is 12.3. The molecule has 0 fully saturated rings. The van der Waals surface area contributed by atoms with Gasteiger partial charge in [-0.3, -0.25) is 4.98 Å². The fourth-order valence-corrected chi connectivity index (χ4v) is 2.63. The maximum absolute atomic E-state index is 4.36. The van der Waals surface area contributed by atoms with Crippen LogP contribution in [0.4, 0.5) is 0 Å². The van der Waals surface area contributed by atoms with Crippen LogP contribution in [0.15, 0.2) is 35.8 Å². The number of nitrogens with zero attached hydrogens (tertiary/aromatic N) is 1. The summed E-state index contributed by atoms with van der Waals surface area (Å²) in [6.45, 7) is 2.02. The van der Waals surface area contributed by atoms with E-state index in [0.717, 1.165) is 18.5 Å². The maximum atomic E-state index is 4.36. The molecular formula is C14H18N2S. The van der Waals surface area contributed by atoms with Gasteiger partial charge in [0.25, 0.3) is 0 Å². The molecule has 1 N–H and O–H groups in total. The lowest BCUT2D eigenvalue weighted by molar-refractivity contribution is 0.549. The Bertz CT molecular complexity index is 434. The van der Waals surface area contributed by atoms with Crippen LogP contribution in [-0.2, 0) is 6.42 Å². The molecule has 0 saturated carbocycles. The summed E-state index contributed by atoms with van der Waals surface area (Å²) in [5, 5.41) is 5.50. The van der Waals surface area contributed by atoms with Gasteiger partial charge in [-0.05, 0) is 49.9 Å². The molecule has 0 amide bonds. The summed E-state index contributed by atoms with van der Waals surface area (Å²) in [5.41, 5.74) is 2.34. The zero-order chi connectivity index (χ0) is 12.1. The molecule has 1 unspecified atom stereocenters. The number of aryl methyl sites for hydroxylation is 2. The summed E-state index contributed by atoms with van der Waals surface area (Å²) < 4.78 is 0. The van der Waals surface area contributed by atoms with Crippen LogP contribution < -0.4 is 5.32 Å². The number of pyridine rings is 1. The van der Waals surface area contributed by atoms with E-state index < -0.39 is 0 Å². The summed E-state index contributed by atoms with van der Waals surface area (Å²) in [7, 11) is 2.01. The molecule has 0 spiro atoms. The molecule has 90 valence electrons. The van der Waals surface area contributed by atoms with Gasteiger partial charge in [0.15, 0.2) is 0 Å². The van der Waals surface area contributed by atoms with Crippen molar-refractivity contribution in [3.8, 4) is 0 Å². The molecular weight excluding hydrogens is 228 g/mol. The van der Waals surface area contributed by atoms with Crippen molar-refractivity contribution in [3.05, 3.63) is 52.0 Å². The summed E-state index contributed by atoms with van der Waals surface area (Å²) in [6.07, 6.45) is 4.21. The van der Waals surface area contributed by atoms with E-state index in [9.17, 15) is 0 Å². The average Bonchev–Trinajstić information content (AvgIpc) is 2.85. The predicted molar refractivity (Wildman–Crippen MR) is 73.4 cm³/mol. The zero-order valence-electron chi connectivity index (χ0n) is 10.3. The second-order valence-corrected chi connectivity index (χ2v) is 5.22. The third-order valence-corrected chi connectivity index (χ3v) is 3.88. The molecule has 2 heterocycles. The maximum Gasteiger partial charge on any atom is 0.0372 e. The second kappa shape index (κ2) is 5.94. The summed E-state index contributed by atoms with van der Waals surface area (Å²) in [5.74, 6) is 0. The minimum atomic E-state index is 0.394. The largest absolute Gasteiger partial charge is 0.313 e. The van der Waals surface area contributed by atoms with Crippen molar-refractivity contribution in [2.75, 3.05) is 7.05 Å². The van der Waals surface area contributed by atoms with Crippen LogP contribution in [0.2, 0.25) is 0 Å². The van der Waals surface area contributed by atoms with Crippen molar-refractivity contribution < 1.29 is 0 Å². The van der Waals surface area contributed by atoms with Crippen molar-refractivity contribution in [2.45, 2.75) is 25.8 Å². The van der Waals surface area contributed by atoms with Gasteiger partial charge in [0.05, 0.1) is 0 Å². The van der Waals surface area contributed by atoms with Crippen molar-refractivity contribution in [1.82, 2.24) is 10.3 Å². The Labute approximate surface area is 107 Å². The number of hydrogen-bond acceptors (Lipinski definition) is 3. The van der Waals surface area contributed by atoms with Crippen LogP contribution in [0, 0.1) is 6.92 Å². The molecule has 0 aliphatic carbocycles. The fraction of sp³-hybridized carbons (Fsp3) is 0.357. The normalized spacial score (nSPS) is 12.6. The lowest BCUT2D eigenvalue weighted by atomic mass is 10.0. The van der Waals surface area contributed by atoms with Crippen molar-refractivity contribution in [2.24, 2.45) is 0 Å². The van der Waals surface area contributed by atoms with Gasteiger partial charge in [-0.15, -0.1) is 11.3 Å². The Morgan fingerprint density at radius 2 is 2.24 bits per heavy atom. The molecule has 0 bridgehead atoms. The zero-order valence-corrected chi connectivity index (χ0v) is 11.1. The third-order valence-electron chi connectivity index (χ3n) is 2.94. The summed E-state index contributed by atoms with van der Waals surface area (Å²) in [4.78, 5) is 5.80. The van der Waals surface area contributed by atoms with Crippen LogP contribution >= 0.6 is 11.3 Å². The highest BCUT2D eigenvalue weighted by atomic mass is 32.1. The Morgan fingerprint density at radius 1 is 1.35 bits per heavy atom. The van der Waals surface area contributed by atoms with E-state index in [1.54, 1.807) is 0 Å². The van der Waals surface area contributed by atoms with Gasteiger partial charge in [0.2, 0.25) is 0 Å². The topological polar surface area (TPSA) is 24.9 Å². The van der Waals surface area contributed by atoms with Crippen LogP contribution in [0.3, 0.4) is 0 Å². The van der Waals surface area contributed by atoms with Crippen LogP contribution in [0.25, 0.3) is 0 Å². The molecule has 1 atom stereocenters. The first-order chi connectivity index (χ1) is 8.29. The lowest BCUT2D eigenvalue weighted by Crippen LogP contribution is -2.17. The number of aromatic nitrogens is 1. The quantitative estimate of drug-likeness (QED) is 0.875. The van der Waals surface area contributed by atoms with Gasteiger partial charge in [-0.25, -0.2) is 0 Å². The first-order valence-corrected chi connectivity index (χ1v) is 6.80. The van der Waals surface area contributed by atoms with Crippen LogP contribution in [0.5, 0.6) is 0 Å². The molecule has 0 saturated heterocycles. The molecule has 0 aromatic carbocycles. The Hall–Kier alpha value is -1.19.